The van der Waals surface area contributed by atoms with Crippen LogP contribution in [-0.4, -0.2) is 18.7 Å². The number of hydrogen-bond donors (Lipinski definition) is 0. The Balaban J connectivity index is 2.12. The number of aryl methyl sites for hydroxylation is 1. The van der Waals surface area contributed by atoms with Gasteiger partial charge in [-0.25, -0.2) is 4.39 Å². The summed E-state index contributed by atoms with van der Waals surface area (Å²) in [6, 6.07) is 19.1. The first-order chi connectivity index (χ1) is 10.6. The largest absolute Gasteiger partial charge is 0.378 e. The normalized spacial score (nSPS) is 10.7. The third-order valence-electron chi connectivity index (χ3n) is 3.85. The molecule has 112 valence electrons. The van der Waals surface area contributed by atoms with Crippen molar-refractivity contribution in [2.75, 3.05) is 19.0 Å². The van der Waals surface area contributed by atoms with Crippen molar-refractivity contribution < 1.29 is 4.39 Å². The van der Waals surface area contributed by atoms with E-state index in [1.54, 1.807) is 6.07 Å². The highest BCUT2D eigenvalue weighted by Gasteiger charge is 2.12. The van der Waals surface area contributed by atoms with Crippen molar-refractivity contribution in [3.63, 3.8) is 0 Å². The summed E-state index contributed by atoms with van der Waals surface area (Å²) in [5.74, 6) is -0.202. The molecule has 0 fully saturated rings. The summed E-state index contributed by atoms with van der Waals surface area (Å²) < 4.78 is 16.2. The Hall–Kier alpha value is -2.55. The van der Waals surface area contributed by atoms with E-state index in [-0.39, 0.29) is 5.82 Å². The summed E-state index contributed by atoms with van der Waals surface area (Å²) in [6.45, 7) is 2.03. The molecule has 0 bridgehead atoms. The number of nitrogens with zero attached hydrogens (tertiary/aromatic N) is 2. The van der Waals surface area contributed by atoms with E-state index in [2.05, 4.69) is 33.7 Å². The molecular formula is C19H19FN2. The lowest BCUT2D eigenvalue weighted by molar-refractivity contribution is 0.630. The fraction of sp³-hybridized carbons (Fsp3) is 0.158. The minimum atomic E-state index is -0.202. The van der Waals surface area contributed by atoms with Crippen LogP contribution in [0.3, 0.4) is 0 Å². The SMILES string of the molecule is Cc1ccc(-c2ccccc2F)n1-c1ccc(N(C)C)cc1. The highest BCUT2D eigenvalue weighted by molar-refractivity contribution is 5.65. The molecule has 0 aliphatic heterocycles. The molecule has 3 heteroatoms. The number of hydrogen-bond acceptors (Lipinski definition) is 1. The molecule has 0 unspecified atom stereocenters. The molecule has 3 aromatic rings. The van der Waals surface area contributed by atoms with Crippen LogP contribution >= 0.6 is 0 Å². The van der Waals surface area contributed by atoms with Crippen LogP contribution in [-0.2, 0) is 0 Å². The molecule has 0 N–H and O–H groups in total. The average molecular weight is 294 g/mol. The molecule has 0 aliphatic rings. The maximum Gasteiger partial charge on any atom is 0.132 e. The van der Waals surface area contributed by atoms with Crippen LogP contribution < -0.4 is 4.90 Å². The first-order valence-electron chi connectivity index (χ1n) is 7.29. The van der Waals surface area contributed by atoms with Crippen LogP contribution in [0.15, 0.2) is 60.7 Å². The van der Waals surface area contributed by atoms with Gasteiger partial charge in [-0.15, -0.1) is 0 Å². The van der Waals surface area contributed by atoms with E-state index in [0.717, 1.165) is 22.8 Å². The zero-order valence-corrected chi connectivity index (χ0v) is 13.0. The molecule has 2 aromatic carbocycles. The zero-order valence-electron chi connectivity index (χ0n) is 13.0. The number of rotatable bonds is 3. The van der Waals surface area contributed by atoms with Crippen molar-refractivity contribution in [2.24, 2.45) is 0 Å². The van der Waals surface area contributed by atoms with Gasteiger partial charge in [-0.05, 0) is 55.5 Å². The fourth-order valence-electron chi connectivity index (χ4n) is 2.66. The Morgan fingerprint density at radius 1 is 0.864 bits per heavy atom. The quantitative estimate of drug-likeness (QED) is 0.682. The first kappa shape index (κ1) is 14.4. The van der Waals surface area contributed by atoms with Crippen LogP contribution in [0.1, 0.15) is 5.69 Å². The van der Waals surface area contributed by atoms with Gasteiger partial charge in [-0.3, -0.25) is 0 Å². The van der Waals surface area contributed by atoms with Crippen molar-refractivity contribution >= 4 is 5.69 Å². The van der Waals surface area contributed by atoms with Gasteiger partial charge in [0.1, 0.15) is 5.82 Å². The van der Waals surface area contributed by atoms with Crippen LogP contribution in [0.2, 0.25) is 0 Å². The molecule has 0 amide bonds. The molecule has 1 aromatic heterocycles. The van der Waals surface area contributed by atoms with Crippen molar-refractivity contribution in [2.45, 2.75) is 6.92 Å². The van der Waals surface area contributed by atoms with Crippen molar-refractivity contribution in [3.05, 3.63) is 72.2 Å². The lowest BCUT2D eigenvalue weighted by atomic mass is 10.1. The second-order valence-electron chi connectivity index (χ2n) is 5.59. The average Bonchev–Trinajstić information content (AvgIpc) is 2.89. The molecule has 22 heavy (non-hydrogen) atoms. The monoisotopic (exact) mass is 294 g/mol. The maximum atomic E-state index is 14.1. The zero-order chi connectivity index (χ0) is 15.7. The van der Waals surface area contributed by atoms with Gasteiger partial charge in [0.15, 0.2) is 0 Å². The molecule has 0 saturated carbocycles. The van der Waals surface area contributed by atoms with Crippen LogP contribution in [0.25, 0.3) is 16.9 Å². The van der Waals surface area contributed by atoms with E-state index in [1.165, 1.54) is 6.07 Å². The fourth-order valence-corrected chi connectivity index (χ4v) is 2.66. The summed E-state index contributed by atoms with van der Waals surface area (Å²) in [5.41, 5.74) is 4.74. The second kappa shape index (κ2) is 5.68. The van der Waals surface area contributed by atoms with Gasteiger partial charge in [0.25, 0.3) is 0 Å². The Morgan fingerprint density at radius 2 is 1.55 bits per heavy atom. The van der Waals surface area contributed by atoms with Crippen molar-refractivity contribution in [1.82, 2.24) is 4.57 Å². The molecule has 0 aliphatic carbocycles. The third kappa shape index (κ3) is 2.50. The number of aromatic nitrogens is 1. The lowest BCUT2D eigenvalue weighted by Crippen LogP contribution is -2.08. The van der Waals surface area contributed by atoms with Gasteiger partial charge in [0, 0.05) is 36.7 Å². The Kier molecular flexibility index (Phi) is 3.72. The highest BCUT2D eigenvalue weighted by Crippen LogP contribution is 2.29. The van der Waals surface area contributed by atoms with Gasteiger partial charge in [0.2, 0.25) is 0 Å². The van der Waals surface area contributed by atoms with E-state index in [1.807, 2.05) is 45.3 Å². The van der Waals surface area contributed by atoms with E-state index >= 15 is 0 Å². The highest BCUT2D eigenvalue weighted by atomic mass is 19.1. The minimum absolute atomic E-state index is 0.202. The van der Waals surface area contributed by atoms with E-state index < -0.39 is 0 Å². The van der Waals surface area contributed by atoms with Crippen LogP contribution in [0, 0.1) is 12.7 Å². The number of anilines is 1. The molecule has 0 saturated heterocycles. The predicted molar refractivity (Wildman–Crippen MR) is 90.2 cm³/mol. The van der Waals surface area contributed by atoms with Crippen LogP contribution in [0.5, 0.6) is 0 Å². The summed E-state index contributed by atoms with van der Waals surface area (Å²) in [7, 11) is 4.03. The molecule has 2 nitrogen and oxygen atoms in total. The summed E-state index contributed by atoms with van der Waals surface area (Å²) in [5, 5.41) is 0. The number of halogens is 1. The van der Waals surface area contributed by atoms with Crippen molar-refractivity contribution in [3.8, 4) is 16.9 Å². The minimum Gasteiger partial charge on any atom is -0.378 e. The molecule has 0 spiro atoms. The first-order valence-corrected chi connectivity index (χ1v) is 7.29. The van der Waals surface area contributed by atoms with E-state index in [4.69, 9.17) is 0 Å². The second-order valence-corrected chi connectivity index (χ2v) is 5.59. The summed E-state index contributed by atoms with van der Waals surface area (Å²) in [4.78, 5) is 2.06. The molecule has 0 radical (unpaired) electrons. The molecule has 1 heterocycles. The Bertz CT molecular complexity index is 785. The van der Waals surface area contributed by atoms with Gasteiger partial charge in [-0.1, -0.05) is 12.1 Å². The van der Waals surface area contributed by atoms with Crippen molar-refractivity contribution in [1.29, 1.82) is 0 Å². The van der Waals surface area contributed by atoms with Gasteiger partial charge in [-0.2, -0.15) is 0 Å². The van der Waals surface area contributed by atoms with Gasteiger partial charge in [0.05, 0.1) is 5.69 Å². The molecule has 3 rings (SSSR count). The van der Waals surface area contributed by atoms with Crippen LogP contribution in [0.4, 0.5) is 10.1 Å². The topological polar surface area (TPSA) is 8.17 Å². The molecular weight excluding hydrogens is 275 g/mol. The Labute approximate surface area is 130 Å². The summed E-state index contributed by atoms with van der Waals surface area (Å²) in [6.07, 6.45) is 0. The van der Waals surface area contributed by atoms with Gasteiger partial charge < -0.3 is 9.47 Å². The number of benzene rings is 2. The standard InChI is InChI=1S/C19H19FN2/c1-14-8-13-19(17-6-4-5-7-18(17)20)22(14)16-11-9-15(10-12-16)21(2)3/h4-13H,1-3H3. The third-order valence-corrected chi connectivity index (χ3v) is 3.85. The molecule has 0 atom stereocenters. The Morgan fingerprint density at radius 3 is 2.18 bits per heavy atom. The smallest absolute Gasteiger partial charge is 0.132 e. The maximum absolute atomic E-state index is 14.1. The lowest BCUT2D eigenvalue weighted by Gasteiger charge is -2.16. The predicted octanol–water partition coefficient (Wildman–Crippen LogP) is 4.66. The van der Waals surface area contributed by atoms with E-state index in [0.29, 0.717) is 5.56 Å². The van der Waals surface area contributed by atoms with E-state index in [9.17, 15) is 4.39 Å². The van der Waals surface area contributed by atoms with Gasteiger partial charge >= 0.3 is 0 Å². The summed E-state index contributed by atoms with van der Waals surface area (Å²) >= 11 is 0.